The Kier molecular flexibility index (Phi) is 5.23. The molecule has 0 aliphatic carbocycles. The highest BCUT2D eigenvalue weighted by molar-refractivity contribution is 9.10. The number of carbonyl (C=O) groups is 1. The van der Waals surface area contributed by atoms with Crippen LogP contribution < -0.4 is 0 Å². The molecule has 6 heteroatoms. The fourth-order valence-corrected chi connectivity index (χ4v) is 3.59. The van der Waals surface area contributed by atoms with Crippen LogP contribution in [0.3, 0.4) is 0 Å². The summed E-state index contributed by atoms with van der Waals surface area (Å²) in [4.78, 5) is 11.9. The van der Waals surface area contributed by atoms with E-state index < -0.39 is 5.97 Å². The van der Waals surface area contributed by atoms with E-state index in [9.17, 15) is 9.18 Å². The van der Waals surface area contributed by atoms with Gasteiger partial charge in [-0.2, -0.15) is 0 Å². The summed E-state index contributed by atoms with van der Waals surface area (Å²) in [5.41, 5.74) is 1.18. The zero-order chi connectivity index (χ0) is 14.7. The number of thioether (sulfide) groups is 1. The van der Waals surface area contributed by atoms with Gasteiger partial charge in [-0.15, -0.1) is 11.8 Å². The van der Waals surface area contributed by atoms with Crippen molar-refractivity contribution in [3.05, 3.63) is 62.3 Å². The van der Waals surface area contributed by atoms with Crippen molar-refractivity contribution in [2.24, 2.45) is 0 Å². The summed E-state index contributed by atoms with van der Waals surface area (Å²) in [5.74, 6) is -0.633. The van der Waals surface area contributed by atoms with Gasteiger partial charge in [0.05, 0.1) is 5.56 Å². The van der Waals surface area contributed by atoms with Crippen LogP contribution in [0.15, 0.2) is 50.2 Å². The van der Waals surface area contributed by atoms with E-state index >= 15 is 0 Å². The number of hydrogen-bond donors (Lipinski definition) is 1. The van der Waals surface area contributed by atoms with Crippen molar-refractivity contribution in [2.75, 3.05) is 0 Å². The molecular weight excluding hydrogens is 411 g/mol. The molecule has 2 rings (SSSR count). The third kappa shape index (κ3) is 3.84. The van der Waals surface area contributed by atoms with Gasteiger partial charge in [0.1, 0.15) is 5.82 Å². The smallest absolute Gasteiger partial charge is 0.336 e. The average molecular weight is 420 g/mol. The lowest BCUT2D eigenvalue weighted by molar-refractivity contribution is 0.0695. The monoisotopic (exact) mass is 418 g/mol. The number of rotatable bonds is 4. The molecule has 0 atom stereocenters. The third-order valence-electron chi connectivity index (χ3n) is 2.58. The SMILES string of the molecule is O=C(O)c1cc(SCc2ccc(F)cc2Br)ccc1Br. The van der Waals surface area contributed by atoms with E-state index in [1.54, 1.807) is 18.2 Å². The molecule has 0 aromatic heterocycles. The standard InChI is InChI=1S/C14H9Br2FO2S/c15-12-4-3-10(6-11(12)14(18)19)20-7-8-1-2-9(17)5-13(8)16/h1-6H,7H2,(H,18,19). The molecule has 0 heterocycles. The molecule has 0 amide bonds. The van der Waals surface area contributed by atoms with Crippen molar-refractivity contribution in [1.82, 2.24) is 0 Å². The van der Waals surface area contributed by atoms with E-state index in [1.165, 1.54) is 23.9 Å². The zero-order valence-corrected chi connectivity index (χ0v) is 14.1. The summed E-state index contributed by atoms with van der Waals surface area (Å²) in [6.07, 6.45) is 0. The highest BCUT2D eigenvalue weighted by atomic mass is 79.9. The van der Waals surface area contributed by atoms with Gasteiger partial charge in [-0.25, -0.2) is 9.18 Å². The van der Waals surface area contributed by atoms with Crippen LogP contribution in [0.1, 0.15) is 15.9 Å². The van der Waals surface area contributed by atoms with E-state index in [4.69, 9.17) is 5.11 Å². The Balaban J connectivity index is 2.15. The second kappa shape index (κ2) is 6.74. The Hall–Kier alpha value is -0.850. The van der Waals surface area contributed by atoms with Crippen LogP contribution in [-0.4, -0.2) is 11.1 Å². The molecule has 0 radical (unpaired) electrons. The van der Waals surface area contributed by atoms with Crippen molar-refractivity contribution >= 4 is 49.6 Å². The van der Waals surface area contributed by atoms with Crippen LogP contribution >= 0.6 is 43.6 Å². The van der Waals surface area contributed by atoms with Gasteiger partial charge in [0.15, 0.2) is 0 Å². The molecule has 0 bridgehead atoms. The van der Waals surface area contributed by atoms with E-state index in [-0.39, 0.29) is 11.4 Å². The summed E-state index contributed by atoms with van der Waals surface area (Å²) in [7, 11) is 0. The Bertz CT molecular complexity index is 662. The summed E-state index contributed by atoms with van der Waals surface area (Å²) >= 11 is 8.02. The molecule has 1 N–H and O–H groups in total. The molecule has 0 spiro atoms. The van der Waals surface area contributed by atoms with Crippen LogP contribution in [0, 0.1) is 5.82 Å². The van der Waals surface area contributed by atoms with Gasteiger partial charge in [0.2, 0.25) is 0 Å². The lowest BCUT2D eigenvalue weighted by Gasteiger charge is -2.06. The van der Waals surface area contributed by atoms with Crippen molar-refractivity contribution in [3.63, 3.8) is 0 Å². The fraction of sp³-hybridized carbons (Fsp3) is 0.0714. The molecule has 0 aliphatic heterocycles. The number of carboxylic acid groups (broad SMARTS) is 1. The minimum atomic E-state index is -0.970. The molecule has 104 valence electrons. The number of halogens is 3. The van der Waals surface area contributed by atoms with Crippen LogP contribution in [0.5, 0.6) is 0 Å². The first kappa shape index (κ1) is 15.5. The first-order valence-corrected chi connectivity index (χ1v) is 8.14. The quantitative estimate of drug-likeness (QED) is 0.679. The molecule has 0 fully saturated rings. The Morgan fingerprint density at radius 2 is 1.90 bits per heavy atom. The van der Waals surface area contributed by atoms with Crippen LogP contribution in [0.2, 0.25) is 0 Å². The van der Waals surface area contributed by atoms with Gasteiger partial charge in [-0.3, -0.25) is 0 Å². The van der Waals surface area contributed by atoms with Gasteiger partial charge < -0.3 is 5.11 Å². The first-order chi connectivity index (χ1) is 9.47. The second-order valence-electron chi connectivity index (χ2n) is 3.97. The molecule has 0 aliphatic rings. The van der Waals surface area contributed by atoms with Crippen LogP contribution in [0.4, 0.5) is 4.39 Å². The lowest BCUT2D eigenvalue weighted by atomic mass is 10.2. The molecular formula is C14H9Br2FO2S. The summed E-state index contributed by atoms with van der Waals surface area (Å²) < 4.78 is 14.3. The number of carboxylic acids is 1. The van der Waals surface area contributed by atoms with E-state index in [2.05, 4.69) is 31.9 Å². The second-order valence-corrected chi connectivity index (χ2v) is 6.73. The maximum atomic E-state index is 13.0. The van der Waals surface area contributed by atoms with E-state index in [1.807, 2.05) is 6.07 Å². The number of aromatic carboxylic acids is 1. The van der Waals surface area contributed by atoms with Crippen LogP contribution in [-0.2, 0) is 5.75 Å². The van der Waals surface area contributed by atoms with Crippen molar-refractivity contribution < 1.29 is 14.3 Å². The van der Waals surface area contributed by atoms with Gasteiger partial charge in [0, 0.05) is 19.6 Å². The normalized spacial score (nSPS) is 10.6. The Morgan fingerprint density at radius 1 is 1.15 bits per heavy atom. The molecule has 2 aromatic carbocycles. The summed E-state index contributed by atoms with van der Waals surface area (Å²) in [6, 6.07) is 9.72. The topological polar surface area (TPSA) is 37.3 Å². The lowest BCUT2D eigenvalue weighted by Crippen LogP contribution is -1.97. The molecule has 0 saturated carbocycles. The predicted molar refractivity (Wildman–Crippen MR) is 84.8 cm³/mol. The molecule has 2 nitrogen and oxygen atoms in total. The maximum Gasteiger partial charge on any atom is 0.336 e. The highest BCUT2D eigenvalue weighted by Crippen LogP contribution is 2.30. The molecule has 20 heavy (non-hydrogen) atoms. The first-order valence-electron chi connectivity index (χ1n) is 5.57. The van der Waals surface area contributed by atoms with Gasteiger partial charge in [0.25, 0.3) is 0 Å². The number of benzene rings is 2. The van der Waals surface area contributed by atoms with Crippen molar-refractivity contribution in [3.8, 4) is 0 Å². The fourth-order valence-electron chi connectivity index (χ4n) is 1.56. The minimum Gasteiger partial charge on any atom is -0.478 e. The van der Waals surface area contributed by atoms with E-state index in [0.717, 1.165) is 10.5 Å². The molecule has 2 aromatic rings. The van der Waals surface area contributed by atoms with Gasteiger partial charge >= 0.3 is 5.97 Å². The van der Waals surface area contributed by atoms with Gasteiger partial charge in [-0.1, -0.05) is 22.0 Å². The maximum absolute atomic E-state index is 13.0. The third-order valence-corrected chi connectivity index (χ3v) is 5.05. The summed E-state index contributed by atoms with van der Waals surface area (Å²) in [6.45, 7) is 0. The molecule has 0 saturated heterocycles. The zero-order valence-electron chi connectivity index (χ0n) is 10.1. The Labute approximate surface area is 136 Å². The Morgan fingerprint density at radius 3 is 2.55 bits per heavy atom. The van der Waals surface area contributed by atoms with Crippen molar-refractivity contribution in [1.29, 1.82) is 0 Å². The molecule has 0 unspecified atom stereocenters. The highest BCUT2D eigenvalue weighted by Gasteiger charge is 2.10. The minimum absolute atomic E-state index is 0.230. The predicted octanol–water partition coefficient (Wildman–Crippen LogP) is 5.34. The van der Waals surface area contributed by atoms with Gasteiger partial charge in [-0.05, 0) is 51.8 Å². The number of hydrogen-bond acceptors (Lipinski definition) is 2. The van der Waals surface area contributed by atoms with Crippen molar-refractivity contribution in [2.45, 2.75) is 10.6 Å². The van der Waals surface area contributed by atoms with E-state index in [0.29, 0.717) is 14.7 Å². The van der Waals surface area contributed by atoms with Crippen LogP contribution in [0.25, 0.3) is 0 Å². The average Bonchev–Trinajstić information content (AvgIpc) is 2.39. The summed E-state index contributed by atoms with van der Waals surface area (Å²) in [5, 5.41) is 9.06. The largest absolute Gasteiger partial charge is 0.478 e.